The highest BCUT2D eigenvalue weighted by molar-refractivity contribution is 6.39. The van der Waals surface area contributed by atoms with Gasteiger partial charge < -0.3 is 9.57 Å². The van der Waals surface area contributed by atoms with Gasteiger partial charge in [0.1, 0.15) is 5.75 Å². The van der Waals surface area contributed by atoms with Gasteiger partial charge in [0.05, 0.1) is 0 Å². The number of amides is 2. The number of oxime groups is 1. The maximum atomic E-state index is 12.1. The summed E-state index contributed by atoms with van der Waals surface area (Å²) >= 11 is 0. The van der Waals surface area contributed by atoms with Gasteiger partial charge in [-0.2, -0.15) is 0 Å². The Kier molecular flexibility index (Phi) is 5.71. The summed E-state index contributed by atoms with van der Waals surface area (Å²) in [5.74, 6) is -0.382. The molecule has 2 aromatic carbocycles. The van der Waals surface area contributed by atoms with E-state index in [4.69, 9.17) is 9.57 Å². The summed E-state index contributed by atoms with van der Waals surface area (Å²) in [4.78, 5) is 29.3. The Labute approximate surface area is 157 Å². The Balaban J connectivity index is 1.42. The molecule has 1 atom stereocenters. The molecule has 1 heterocycles. The zero-order chi connectivity index (χ0) is 19.2. The van der Waals surface area contributed by atoms with Crippen molar-refractivity contribution in [2.45, 2.75) is 26.4 Å². The summed E-state index contributed by atoms with van der Waals surface area (Å²) in [6.07, 6.45) is 0.0426. The summed E-state index contributed by atoms with van der Waals surface area (Å²) in [5.41, 5.74) is 8.02. The first-order valence-electron chi connectivity index (χ1n) is 8.60. The Bertz CT molecular complexity index is 865. The lowest BCUT2D eigenvalue weighted by Gasteiger charge is -2.10. The fraction of sp³-hybridized carbons (Fsp3) is 0.250. The molecule has 0 radical (unpaired) electrons. The standard InChI is InChI=1S/C20H21N3O4/c1-13-8-9-16(10-14(13)2)26-12-19(24)21-22-20(25)17-11-18(27-23-17)15-6-4-3-5-7-15/h3-10,18H,11-12H2,1-2H3,(H,21,24)(H,22,25). The maximum Gasteiger partial charge on any atom is 0.287 e. The fourth-order valence-corrected chi connectivity index (χ4v) is 2.55. The molecular formula is C20H21N3O4. The minimum atomic E-state index is -0.507. The molecule has 2 aromatic rings. The second-order valence-electron chi connectivity index (χ2n) is 6.28. The zero-order valence-electron chi connectivity index (χ0n) is 15.2. The van der Waals surface area contributed by atoms with E-state index in [9.17, 15) is 9.59 Å². The zero-order valence-corrected chi connectivity index (χ0v) is 15.2. The van der Waals surface area contributed by atoms with Crippen LogP contribution in [0.5, 0.6) is 5.75 Å². The summed E-state index contributed by atoms with van der Waals surface area (Å²) in [5, 5.41) is 3.80. The number of hydrazine groups is 1. The summed E-state index contributed by atoms with van der Waals surface area (Å²) in [6.45, 7) is 3.76. The van der Waals surface area contributed by atoms with E-state index in [-0.39, 0.29) is 18.4 Å². The van der Waals surface area contributed by atoms with Gasteiger partial charge in [0, 0.05) is 6.42 Å². The van der Waals surface area contributed by atoms with Crippen LogP contribution >= 0.6 is 0 Å². The molecule has 2 amide bonds. The SMILES string of the molecule is Cc1ccc(OCC(=O)NNC(=O)C2=NOC(c3ccccc3)C2)cc1C. The lowest BCUT2D eigenvalue weighted by Crippen LogP contribution is -2.46. The topological polar surface area (TPSA) is 89.0 Å². The van der Waals surface area contributed by atoms with Crippen molar-refractivity contribution in [3.05, 3.63) is 65.2 Å². The number of nitrogens with zero attached hydrogens (tertiary/aromatic N) is 1. The second kappa shape index (κ2) is 8.35. The van der Waals surface area contributed by atoms with E-state index >= 15 is 0 Å². The van der Waals surface area contributed by atoms with Crippen molar-refractivity contribution in [3.63, 3.8) is 0 Å². The van der Waals surface area contributed by atoms with E-state index in [1.165, 1.54) is 0 Å². The lowest BCUT2D eigenvalue weighted by atomic mass is 10.0. The van der Waals surface area contributed by atoms with Crippen LogP contribution in [0.25, 0.3) is 0 Å². The van der Waals surface area contributed by atoms with E-state index in [0.29, 0.717) is 12.2 Å². The lowest BCUT2D eigenvalue weighted by molar-refractivity contribution is -0.127. The third-order valence-corrected chi connectivity index (χ3v) is 4.27. The molecule has 0 fully saturated rings. The van der Waals surface area contributed by atoms with Gasteiger partial charge in [-0.25, -0.2) is 0 Å². The quantitative estimate of drug-likeness (QED) is 0.794. The van der Waals surface area contributed by atoms with Crippen LogP contribution in [0, 0.1) is 13.8 Å². The fourth-order valence-electron chi connectivity index (χ4n) is 2.55. The first kappa shape index (κ1) is 18.4. The third kappa shape index (κ3) is 4.84. The van der Waals surface area contributed by atoms with Gasteiger partial charge in [0.15, 0.2) is 18.4 Å². The van der Waals surface area contributed by atoms with Crippen LogP contribution in [-0.4, -0.2) is 24.1 Å². The van der Waals surface area contributed by atoms with Crippen molar-refractivity contribution in [2.75, 3.05) is 6.61 Å². The largest absolute Gasteiger partial charge is 0.484 e. The Morgan fingerprint density at radius 3 is 2.63 bits per heavy atom. The van der Waals surface area contributed by atoms with Gasteiger partial charge in [-0.1, -0.05) is 41.6 Å². The first-order valence-corrected chi connectivity index (χ1v) is 8.60. The molecule has 7 nitrogen and oxygen atoms in total. The molecular weight excluding hydrogens is 346 g/mol. The number of rotatable bonds is 5. The number of benzene rings is 2. The molecule has 1 aliphatic heterocycles. The molecule has 1 unspecified atom stereocenters. The number of ether oxygens (including phenoxy) is 1. The Hall–Kier alpha value is -3.35. The van der Waals surface area contributed by atoms with Crippen molar-refractivity contribution >= 4 is 17.5 Å². The predicted molar refractivity (Wildman–Crippen MR) is 100 cm³/mol. The normalized spacial score (nSPS) is 15.5. The van der Waals surface area contributed by atoms with Crippen molar-refractivity contribution < 1.29 is 19.2 Å². The maximum absolute atomic E-state index is 12.1. The number of hydrogen-bond acceptors (Lipinski definition) is 5. The van der Waals surface area contributed by atoms with Crippen molar-refractivity contribution in [2.24, 2.45) is 5.16 Å². The van der Waals surface area contributed by atoms with Gasteiger partial charge in [-0.05, 0) is 42.7 Å². The van der Waals surface area contributed by atoms with E-state index < -0.39 is 11.8 Å². The van der Waals surface area contributed by atoms with Crippen molar-refractivity contribution in [1.29, 1.82) is 0 Å². The molecule has 140 valence electrons. The second-order valence-corrected chi connectivity index (χ2v) is 6.28. The number of carbonyl (C=O) groups is 2. The third-order valence-electron chi connectivity index (χ3n) is 4.27. The highest BCUT2D eigenvalue weighted by atomic mass is 16.6. The van der Waals surface area contributed by atoms with Crippen LogP contribution in [0.2, 0.25) is 0 Å². The van der Waals surface area contributed by atoms with Crippen LogP contribution in [0.4, 0.5) is 0 Å². The average Bonchev–Trinajstić information content (AvgIpc) is 3.18. The Morgan fingerprint density at radius 1 is 1.11 bits per heavy atom. The molecule has 3 rings (SSSR count). The highest BCUT2D eigenvalue weighted by Crippen LogP contribution is 2.26. The molecule has 1 aliphatic rings. The molecule has 2 N–H and O–H groups in total. The molecule has 0 bridgehead atoms. The van der Waals surface area contributed by atoms with Crippen molar-refractivity contribution in [1.82, 2.24) is 10.9 Å². The molecule has 0 aliphatic carbocycles. The van der Waals surface area contributed by atoms with Gasteiger partial charge in [-0.15, -0.1) is 0 Å². The first-order chi connectivity index (χ1) is 13.0. The average molecular weight is 367 g/mol. The van der Waals surface area contributed by atoms with Gasteiger partial charge in [-0.3, -0.25) is 20.4 Å². The summed E-state index contributed by atoms with van der Waals surface area (Å²) in [6, 6.07) is 15.1. The van der Waals surface area contributed by atoms with Crippen LogP contribution < -0.4 is 15.6 Å². The van der Waals surface area contributed by atoms with Crippen LogP contribution in [-0.2, 0) is 14.4 Å². The molecule has 0 saturated heterocycles. The number of aryl methyl sites for hydroxylation is 2. The minimum absolute atomic E-state index is 0.210. The van der Waals surface area contributed by atoms with Crippen LogP contribution in [0.3, 0.4) is 0 Å². The van der Waals surface area contributed by atoms with Crippen LogP contribution in [0.15, 0.2) is 53.7 Å². The van der Waals surface area contributed by atoms with Gasteiger partial charge >= 0.3 is 0 Å². The Morgan fingerprint density at radius 2 is 1.89 bits per heavy atom. The molecule has 0 spiro atoms. The smallest absolute Gasteiger partial charge is 0.287 e. The monoisotopic (exact) mass is 367 g/mol. The van der Waals surface area contributed by atoms with Gasteiger partial charge in [0.2, 0.25) is 0 Å². The minimum Gasteiger partial charge on any atom is -0.484 e. The van der Waals surface area contributed by atoms with Crippen LogP contribution in [0.1, 0.15) is 29.2 Å². The number of nitrogens with one attached hydrogen (secondary N) is 2. The predicted octanol–water partition coefficient (Wildman–Crippen LogP) is 2.35. The van der Waals surface area contributed by atoms with E-state index in [1.54, 1.807) is 6.07 Å². The van der Waals surface area contributed by atoms with E-state index in [0.717, 1.165) is 16.7 Å². The summed E-state index contributed by atoms with van der Waals surface area (Å²) < 4.78 is 5.42. The number of hydrogen-bond donors (Lipinski definition) is 2. The number of carbonyl (C=O) groups excluding carboxylic acids is 2. The van der Waals surface area contributed by atoms with E-state index in [2.05, 4.69) is 16.0 Å². The molecule has 0 aromatic heterocycles. The highest BCUT2D eigenvalue weighted by Gasteiger charge is 2.27. The van der Waals surface area contributed by atoms with Crippen molar-refractivity contribution in [3.8, 4) is 5.75 Å². The molecule has 27 heavy (non-hydrogen) atoms. The van der Waals surface area contributed by atoms with Gasteiger partial charge in [0.25, 0.3) is 11.8 Å². The molecule has 7 heteroatoms. The van der Waals surface area contributed by atoms with E-state index in [1.807, 2.05) is 56.3 Å². The summed E-state index contributed by atoms with van der Waals surface area (Å²) in [7, 11) is 0. The molecule has 0 saturated carbocycles.